The molecule has 0 radical (unpaired) electrons. The number of nitrogens with zero attached hydrogens (tertiary/aromatic N) is 2. The van der Waals surface area contributed by atoms with Gasteiger partial charge in [-0.25, -0.2) is 0 Å². The van der Waals surface area contributed by atoms with Crippen LogP contribution >= 0.6 is 0 Å². The van der Waals surface area contributed by atoms with Crippen molar-refractivity contribution in [2.45, 2.75) is 25.4 Å². The monoisotopic (exact) mass is 154 g/mol. The standard InChI is InChI=1S/C7H10N2O2/c10-8-4-6-5-2-1-3-7(5)11-9-6/h4-5,7,10H,1-3H2/b8-4-/t5-,7-/m0/s1. The molecule has 0 unspecified atom stereocenters. The number of hydrogen-bond donors (Lipinski definition) is 1. The predicted octanol–water partition coefficient (Wildman–Crippen LogP) is 1.00. The zero-order chi connectivity index (χ0) is 7.68. The normalized spacial score (nSPS) is 35.5. The summed E-state index contributed by atoms with van der Waals surface area (Å²) in [4.78, 5) is 5.13. The first kappa shape index (κ1) is 6.64. The second-order valence-corrected chi connectivity index (χ2v) is 2.94. The third-order valence-corrected chi connectivity index (χ3v) is 2.32. The van der Waals surface area contributed by atoms with Crippen molar-refractivity contribution in [3.05, 3.63) is 0 Å². The van der Waals surface area contributed by atoms with Crippen LogP contribution in [-0.2, 0) is 4.84 Å². The third kappa shape index (κ3) is 0.982. The molecule has 2 rings (SSSR count). The fourth-order valence-corrected chi connectivity index (χ4v) is 1.77. The van der Waals surface area contributed by atoms with E-state index in [1.807, 2.05) is 0 Å². The van der Waals surface area contributed by atoms with Crippen molar-refractivity contribution in [2.75, 3.05) is 0 Å². The summed E-state index contributed by atoms with van der Waals surface area (Å²) < 4.78 is 0. The Kier molecular flexibility index (Phi) is 1.52. The molecule has 1 saturated carbocycles. The van der Waals surface area contributed by atoms with Gasteiger partial charge in [-0.3, -0.25) is 0 Å². The van der Waals surface area contributed by atoms with Crippen LogP contribution in [0.4, 0.5) is 0 Å². The van der Waals surface area contributed by atoms with Gasteiger partial charge < -0.3 is 10.0 Å². The predicted molar refractivity (Wildman–Crippen MR) is 39.9 cm³/mol. The van der Waals surface area contributed by atoms with E-state index in [0.717, 1.165) is 18.6 Å². The summed E-state index contributed by atoms with van der Waals surface area (Å²) in [7, 11) is 0. The van der Waals surface area contributed by atoms with Crippen LogP contribution in [0.5, 0.6) is 0 Å². The Morgan fingerprint density at radius 3 is 3.36 bits per heavy atom. The molecule has 2 atom stereocenters. The number of fused-ring (bicyclic) bond motifs is 1. The molecule has 1 fully saturated rings. The summed E-state index contributed by atoms with van der Waals surface area (Å²) in [5, 5.41) is 15.0. The average molecular weight is 154 g/mol. The topological polar surface area (TPSA) is 54.2 Å². The highest BCUT2D eigenvalue weighted by Crippen LogP contribution is 2.33. The van der Waals surface area contributed by atoms with Crippen LogP contribution in [0.3, 0.4) is 0 Å². The molecule has 0 spiro atoms. The lowest BCUT2D eigenvalue weighted by molar-refractivity contribution is 0.0746. The van der Waals surface area contributed by atoms with Crippen LogP contribution in [0.15, 0.2) is 10.3 Å². The maximum absolute atomic E-state index is 8.28. The van der Waals surface area contributed by atoms with Crippen LogP contribution < -0.4 is 0 Å². The van der Waals surface area contributed by atoms with Crippen molar-refractivity contribution in [1.82, 2.24) is 0 Å². The van der Waals surface area contributed by atoms with E-state index in [1.165, 1.54) is 12.6 Å². The Morgan fingerprint density at radius 1 is 1.64 bits per heavy atom. The van der Waals surface area contributed by atoms with Gasteiger partial charge in [0, 0.05) is 5.92 Å². The first-order chi connectivity index (χ1) is 5.42. The fourth-order valence-electron chi connectivity index (χ4n) is 1.77. The van der Waals surface area contributed by atoms with E-state index >= 15 is 0 Å². The molecule has 4 heteroatoms. The second kappa shape index (κ2) is 2.53. The molecule has 4 nitrogen and oxygen atoms in total. The molecule has 2 aliphatic rings. The molecule has 60 valence electrons. The van der Waals surface area contributed by atoms with E-state index in [1.54, 1.807) is 0 Å². The van der Waals surface area contributed by atoms with Crippen molar-refractivity contribution in [2.24, 2.45) is 16.2 Å². The van der Waals surface area contributed by atoms with E-state index in [0.29, 0.717) is 5.92 Å². The van der Waals surface area contributed by atoms with Gasteiger partial charge in [-0.15, -0.1) is 0 Å². The average Bonchev–Trinajstić information content (AvgIpc) is 2.53. The Labute approximate surface area is 64.5 Å². The summed E-state index contributed by atoms with van der Waals surface area (Å²) in [6.07, 6.45) is 5.00. The van der Waals surface area contributed by atoms with Crippen molar-refractivity contribution in [3.63, 3.8) is 0 Å². The quantitative estimate of drug-likeness (QED) is 0.348. The molecule has 0 bridgehead atoms. The van der Waals surface area contributed by atoms with Crippen LogP contribution in [-0.4, -0.2) is 23.2 Å². The van der Waals surface area contributed by atoms with Gasteiger partial charge in [-0.2, -0.15) is 0 Å². The van der Waals surface area contributed by atoms with E-state index in [4.69, 9.17) is 10.0 Å². The second-order valence-electron chi connectivity index (χ2n) is 2.94. The van der Waals surface area contributed by atoms with Crippen LogP contribution in [0, 0.1) is 5.92 Å². The lowest BCUT2D eigenvalue weighted by Crippen LogP contribution is -2.17. The Hall–Kier alpha value is -1.06. The third-order valence-electron chi connectivity index (χ3n) is 2.32. The Bertz CT molecular complexity index is 212. The molecule has 1 heterocycles. The molecular weight excluding hydrogens is 144 g/mol. The molecular formula is C7H10N2O2. The van der Waals surface area contributed by atoms with Gasteiger partial charge in [0.05, 0.1) is 6.21 Å². The summed E-state index contributed by atoms with van der Waals surface area (Å²) in [5.74, 6) is 0.380. The fraction of sp³-hybridized carbons (Fsp3) is 0.714. The molecule has 0 aromatic rings. The summed E-state index contributed by atoms with van der Waals surface area (Å²) >= 11 is 0. The van der Waals surface area contributed by atoms with Gasteiger partial charge in [0.2, 0.25) is 0 Å². The smallest absolute Gasteiger partial charge is 0.136 e. The molecule has 0 aromatic heterocycles. The highest BCUT2D eigenvalue weighted by atomic mass is 16.6. The van der Waals surface area contributed by atoms with Gasteiger partial charge in [-0.1, -0.05) is 10.3 Å². The van der Waals surface area contributed by atoms with Gasteiger partial charge in [0.15, 0.2) is 0 Å². The lowest BCUT2D eigenvalue weighted by Gasteiger charge is -2.04. The minimum atomic E-state index is 0.253. The lowest BCUT2D eigenvalue weighted by atomic mass is 10.0. The van der Waals surface area contributed by atoms with Gasteiger partial charge in [0.25, 0.3) is 0 Å². The summed E-state index contributed by atoms with van der Waals surface area (Å²) in [6.45, 7) is 0. The molecule has 11 heavy (non-hydrogen) atoms. The van der Waals surface area contributed by atoms with Crippen LogP contribution in [0.1, 0.15) is 19.3 Å². The maximum Gasteiger partial charge on any atom is 0.136 e. The highest BCUT2D eigenvalue weighted by molar-refractivity contribution is 6.31. The largest absolute Gasteiger partial charge is 0.411 e. The maximum atomic E-state index is 8.28. The summed E-state index contributed by atoms with van der Waals surface area (Å²) in [5.41, 5.74) is 0.787. The minimum Gasteiger partial charge on any atom is -0.411 e. The molecule has 0 amide bonds. The van der Waals surface area contributed by atoms with Crippen molar-refractivity contribution < 1.29 is 10.0 Å². The molecule has 0 aromatic carbocycles. The first-order valence-corrected chi connectivity index (χ1v) is 3.83. The van der Waals surface area contributed by atoms with Gasteiger partial charge >= 0.3 is 0 Å². The SMILES string of the molecule is O/N=C\C1=NO[C@H]2CCC[C@@H]12. The minimum absolute atomic E-state index is 0.253. The van der Waals surface area contributed by atoms with Crippen molar-refractivity contribution >= 4 is 11.9 Å². The molecule has 1 aliphatic carbocycles. The molecule has 0 saturated heterocycles. The van der Waals surface area contributed by atoms with E-state index in [2.05, 4.69) is 10.3 Å². The van der Waals surface area contributed by atoms with E-state index < -0.39 is 0 Å². The molecule has 1 N–H and O–H groups in total. The van der Waals surface area contributed by atoms with E-state index in [9.17, 15) is 0 Å². The number of rotatable bonds is 1. The Morgan fingerprint density at radius 2 is 2.55 bits per heavy atom. The number of hydrogen-bond acceptors (Lipinski definition) is 4. The van der Waals surface area contributed by atoms with Crippen molar-refractivity contribution in [1.29, 1.82) is 0 Å². The highest BCUT2D eigenvalue weighted by Gasteiger charge is 2.37. The Balaban J connectivity index is 2.11. The first-order valence-electron chi connectivity index (χ1n) is 3.83. The van der Waals surface area contributed by atoms with Crippen molar-refractivity contribution in [3.8, 4) is 0 Å². The summed E-state index contributed by atoms with van der Waals surface area (Å²) in [6, 6.07) is 0. The molecule has 1 aliphatic heterocycles. The van der Waals surface area contributed by atoms with Crippen LogP contribution in [0.2, 0.25) is 0 Å². The van der Waals surface area contributed by atoms with Gasteiger partial charge in [0.1, 0.15) is 11.8 Å². The number of oxime groups is 2. The zero-order valence-corrected chi connectivity index (χ0v) is 6.10. The zero-order valence-electron chi connectivity index (χ0n) is 6.10. The van der Waals surface area contributed by atoms with Crippen LogP contribution in [0.25, 0.3) is 0 Å². The van der Waals surface area contributed by atoms with E-state index in [-0.39, 0.29) is 6.10 Å². The van der Waals surface area contributed by atoms with Gasteiger partial charge in [-0.05, 0) is 19.3 Å².